The Kier molecular flexibility index (Phi) is 6.50. The third-order valence-corrected chi connectivity index (χ3v) is 2.20. The van der Waals surface area contributed by atoms with Gasteiger partial charge in [-0.3, -0.25) is 0 Å². The first-order valence-corrected chi connectivity index (χ1v) is 5.12. The van der Waals surface area contributed by atoms with E-state index in [1.807, 2.05) is 13.8 Å². The van der Waals surface area contributed by atoms with Crippen LogP contribution in [0, 0.1) is 0 Å². The molecule has 14 heavy (non-hydrogen) atoms. The van der Waals surface area contributed by atoms with Crippen molar-refractivity contribution in [3.8, 4) is 0 Å². The quantitative estimate of drug-likeness (QED) is 0.637. The van der Waals surface area contributed by atoms with E-state index in [0.29, 0.717) is 6.42 Å². The molecule has 0 radical (unpaired) electrons. The lowest BCUT2D eigenvalue weighted by Crippen LogP contribution is -2.30. The normalized spacial score (nSPS) is 17.1. The minimum absolute atomic E-state index is 0.0366. The lowest BCUT2D eigenvalue weighted by Gasteiger charge is -2.25. The summed E-state index contributed by atoms with van der Waals surface area (Å²) in [6.45, 7) is 13.2. The predicted molar refractivity (Wildman–Crippen MR) is 60.3 cm³/mol. The fraction of sp³-hybridized carbons (Fsp3) is 0.667. The van der Waals surface area contributed by atoms with Crippen molar-refractivity contribution >= 4 is 0 Å². The summed E-state index contributed by atoms with van der Waals surface area (Å²) in [6.07, 6.45) is 2.71. The number of hydrogen-bond donors (Lipinski definition) is 1. The van der Waals surface area contributed by atoms with Crippen molar-refractivity contribution in [2.24, 2.45) is 0 Å². The summed E-state index contributed by atoms with van der Waals surface area (Å²) in [7, 11) is 0. The smallest absolute Gasteiger partial charge is 0.0873 e. The van der Waals surface area contributed by atoms with Gasteiger partial charge in [0.2, 0.25) is 0 Å². The molecule has 0 aromatic rings. The molecule has 0 saturated carbocycles. The Hall–Kier alpha value is -0.600. The van der Waals surface area contributed by atoms with Crippen molar-refractivity contribution in [3.05, 3.63) is 24.8 Å². The van der Waals surface area contributed by atoms with Gasteiger partial charge in [-0.2, -0.15) is 0 Å². The molecule has 0 spiro atoms. The lowest BCUT2D eigenvalue weighted by molar-refractivity contribution is -0.0568. The highest BCUT2D eigenvalue weighted by Gasteiger charge is 2.18. The van der Waals surface area contributed by atoms with Crippen molar-refractivity contribution in [1.82, 2.24) is 0 Å². The Morgan fingerprint density at radius 2 is 2.14 bits per heavy atom. The number of ether oxygens (including phenoxy) is 1. The summed E-state index contributed by atoms with van der Waals surface area (Å²) in [5.74, 6) is 0. The summed E-state index contributed by atoms with van der Waals surface area (Å²) in [4.78, 5) is 0. The van der Waals surface area contributed by atoms with Crippen molar-refractivity contribution < 1.29 is 9.84 Å². The molecule has 2 nitrogen and oxygen atoms in total. The standard InChI is InChI=1S/C12H22O2/c1-6-8-12(10(5)13)14-11(7-2)9(3)4/h6,10-13H,1,3,7-8H2,2,4-5H3/t10-,11+,12+/m0/s1. The highest BCUT2D eigenvalue weighted by molar-refractivity contribution is 4.98. The monoisotopic (exact) mass is 198 g/mol. The van der Waals surface area contributed by atoms with Crippen LogP contribution >= 0.6 is 0 Å². The van der Waals surface area contributed by atoms with Crippen LogP contribution in [0.2, 0.25) is 0 Å². The van der Waals surface area contributed by atoms with Crippen LogP contribution in [0.1, 0.15) is 33.6 Å². The van der Waals surface area contributed by atoms with Gasteiger partial charge >= 0.3 is 0 Å². The van der Waals surface area contributed by atoms with Crippen molar-refractivity contribution in [2.45, 2.75) is 51.9 Å². The molecule has 0 saturated heterocycles. The largest absolute Gasteiger partial charge is 0.391 e. The van der Waals surface area contributed by atoms with E-state index in [1.165, 1.54) is 0 Å². The van der Waals surface area contributed by atoms with E-state index in [-0.39, 0.29) is 12.2 Å². The molecule has 0 rings (SSSR count). The Morgan fingerprint density at radius 3 is 2.43 bits per heavy atom. The first-order valence-electron chi connectivity index (χ1n) is 5.12. The minimum Gasteiger partial charge on any atom is -0.391 e. The average molecular weight is 198 g/mol. The van der Waals surface area contributed by atoms with Gasteiger partial charge in [-0.25, -0.2) is 0 Å². The van der Waals surface area contributed by atoms with E-state index in [4.69, 9.17) is 4.74 Å². The minimum atomic E-state index is -0.471. The van der Waals surface area contributed by atoms with Crippen molar-refractivity contribution in [3.63, 3.8) is 0 Å². The predicted octanol–water partition coefficient (Wildman–Crippen LogP) is 2.68. The van der Waals surface area contributed by atoms with E-state index < -0.39 is 6.10 Å². The van der Waals surface area contributed by atoms with E-state index in [1.54, 1.807) is 13.0 Å². The molecular formula is C12H22O2. The Balaban J connectivity index is 4.25. The van der Waals surface area contributed by atoms with Gasteiger partial charge in [0.25, 0.3) is 0 Å². The van der Waals surface area contributed by atoms with Gasteiger partial charge in [0.15, 0.2) is 0 Å². The number of hydrogen-bond acceptors (Lipinski definition) is 2. The zero-order valence-corrected chi connectivity index (χ0v) is 9.49. The van der Waals surface area contributed by atoms with Crippen LogP contribution in [0.3, 0.4) is 0 Å². The third-order valence-electron chi connectivity index (χ3n) is 2.20. The molecule has 82 valence electrons. The summed E-state index contributed by atoms with van der Waals surface area (Å²) in [5.41, 5.74) is 1.00. The van der Waals surface area contributed by atoms with E-state index in [0.717, 1.165) is 12.0 Å². The highest BCUT2D eigenvalue weighted by Crippen LogP contribution is 2.15. The van der Waals surface area contributed by atoms with Crippen LogP contribution in [0.5, 0.6) is 0 Å². The summed E-state index contributed by atoms with van der Waals surface area (Å²) in [5, 5.41) is 9.47. The maximum atomic E-state index is 9.47. The van der Waals surface area contributed by atoms with Gasteiger partial charge in [-0.1, -0.05) is 25.2 Å². The highest BCUT2D eigenvalue weighted by atomic mass is 16.5. The molecule has 0 aliphatic rings. The van der Waals surface area contributed by atoms with E-state index in [2.05, 4.69) is 13.2 Å². The van der Waals surface area contributed by atoms with Gasteiger partial charge in [-0.05, 0) is 26.7 Å². The first kappa shape index (κ1) is 13.4. The SMILES string of the molecule is C=CC[C@@H](O[C@H](CC)C(=C)C)[C@H](C)O. The van der Waals surface area contributed by atoms with Crippen LogP contribution in [0.15, 0.2) is 24.8 Å². The fourth-order valence-corrected chi connectivity index (χ4v) is 1.30. The molecule has 0 aromatic heterocycles. The molecule has 0 aromatic carbocycles. The maximum Gasteiger partial charge on any atom is 0.0873 e. The Morgan fingerprint density at radius 1 is 1.57 bits per heavy atom. The Labute approximate surface area is 87.3 Å². The molecule has 0 aliphatic heterocycles. The van der Waals surface area contributed by atoms with Crippen molar-refractivity contribution in [1.29, 1.82) is 0 Å². The van der Waals surface area contributed by atoms with Crippen LogP contribution < -0.4 is 0 Å². The second-order valence-corrected chi connectivity index (χ2v) is 3.68. The molecule has 2 heteroatoms. The summed E-state index contributed by atoms with van der Waals surface area (Å²) in [6, 6.07) is 0. The maximum absolute atomic E-state index is 9.47. The molecule has 1 N–H and O–H groups in total. The van der Waals surface area contributed by atoms with Crippen LogP contribution in [0.25, 0.3) is 0 Å². The van der Waals surface area contributed by atoms with E-state index >= 15 is 0 Å². The van der Waals surface area contributed by atoms with Gasteiger partial charge in [0.1, 0.15) is 0 Å². The molecule has 0 heterocycles. The van der Waals surface area contributed by atoms with E-state index in [9.17, 15) is 5.11 Å². The molecule has 0 fully saturated rings. The molecule has 0 bridgehead atoms. The van der Waals surface area contributed by atoms with Crippen molar-refractivity contribution in [2.75, 3.05) is 0 Å². The topological polar surface area (TPSA) is 29.5 Å². The molecule has 0 unspecified atom stereocenters. The zero-order valence-electron chi connectivity index (χ0n) is 9.49. The van der Waals surface area contributed by atoms with Crippen LogP contribution in [-0.2, 0) is 4.74 Å². The Bertz CT molecular complexity index is 185. The molecular weight excluding hydrogens is 176 g/mol. The number of rotatable bonds is 7. The lowest BCUT2D eigenvalue weighted by atomic mass is 10.1. The number of aliphatic hydroxyl groups is 1. The number of aliphatic hydroxyl groups excluding tert-OH is 1. The first-order chi connectivity index (χ1) is 6.52. The fourth-order valence-electron chi connectivity index (χ4n) is 1.30. The van der Waals surface area contributed by atoms with Gasteiger partial charge < -0.3 is 9.84 Å². The summed E-state index contributed by atoms with van der Waals surface area (Å²) >= 11 is 0. The van der Waals surface area contributed by atoms with Gasteiger partial charge in [0.05, 0.1) is 18.3 Å². The third kappa shape index (κ3) is 4.58. The van der Waals surface area contributed by atoms with Crippen LogP contribution in [0.4, 0.5) is 0 Å². The average Bonchev–Trinajstić information content (AvgIpc) is 2.11. The van der Waals surface area contributed by atoms with Crippen LogP contribution in [-0.4, -0.2) is 23.4 Å². The van der Waals surface area contributed by atoms with Gasteiger partial charge in [0, 0.05) is 0 Å². The second-order valence-electron chi connectivity index (χ2n) is 3.68. The van der Waals surface area contributed by atoms with Gasteiger partial charge in [-0.15, -0.1) is 6.58 Å². The second kappa shape index (κ2) is 6.80. The zero-order chi connectivity index (χ0) is 11.1. The molecule has 0 aliphatic carbocycles. The molecule has 0 amide bonds. The summed E-state index contributed by atoms with van der Waals surface area (Å²) < 4.78 is 5.74. The molecule has 3 atom stereocenters.